The molecule has 1 aromatic rings. The molecule has 3 N–H and O–H groups in total. The maximum absolute atomic E-state index is 9.02. The molecule has 0 atom stereocenters. The van der Waals surface area contributed by atoms with Crippen LogP contribution in [0.2, 0.25) is 0 Å². The quantitative estimate of drug-likeness (QED) is 0.750. The average molecular weight is 219 g/mol. The summed E-state index contributed by atoms with van der Waals surface area (Å²) in [5.41, 5.74) is 7.68. The van der Waals surface area contributed by atoms with Crippen LogP contribution in [0.5, 0.6) is 0 Å². The van der Waals surface area contributed by atoms with Crippen molar-refractivity contribution in [1.82, 2.24) is 0 Å². The fourth-order valence-corrected chi connectivity index (χ4v) is 1.67. The lowest BCUT2D eigenvalue weighted by Crippen LogP contribution is -2.34. The zero-order chi connectivity index (χ0) is 12.1. The number of nitrogens with zero attached hydrogens (tertiary/aromatic N) is 2. The van der Waals surface area contributed by atoms with Crippen molar-refractivity contribution in [2.45, 2.75) is 19.9 Å². The van der Waals surface area contributed by atoms with E-state index in [4.69, 9.17) is 16.1 Å². The molecule has 0 aliphatic heterocycles. The molecule has 16 heavy (non-hydrogen) atoms. The van der Waals surface area contributed by atoms with Gasteiger partial charge in [-0.25, -0.2) is 0 Å². The first-order valence-electron chi connectivity index (χ1n) is 5.28. The maximum atomic E-state index is 9.02. The zero-order valence-corrected chi connectivity index (χ0v) is 9.64. The Labute approximate surface area is 95.9 Å². The van der Waals surface area contributed by atoms with E-state index in [2.05, 4.69) is 6.07 Å². The average Bonchev–Trinajstić information content (AvgIpc) is 2.26. The Balaban J connectivity index is 3.15. The van der Waals surface area contributed by atoms with Gasteiger partial charge in [-0.15, -0.1) is 0 Å². The number of nitrogen functional groups attached to an aromatic ring is 1. The minimum atomic E-state index is 0.0639. The van der Waals surface area contributed by atoms with Crippen LogP contribution in [0, 0.1) is 11.3 Å². The van der Waals surface area contributed by atoms with E-state index in [1.807, 2.05) is 24.8 Å². The van der Waals surface area contributed by atoms with E-state index in [9.17, 15) is 0 Å². The summed E-state index contributed by atoms with van der Waals surface area (Å²) in [7, 11) is 0. The summed E-state index contributed by atoms with van der Waals surface area (Å²) in [4.78, 5) is 1.98. The molecule has 1 aromatic carbocycles. The van der Waals surface area contributed by atoms with Crippen LogP contribution in [-0.2, 0) is 0 Å². The van der Waals surface area contributed by atoms with E-state index >= 15 is 0 Å². The first-order valence-corrected chi connectivity index (χ1v) is 5.28. The lowest BCUT2D eigenvalue weighted by Gasteiger charge is -2.29. The molecule has 0 aliphatic carbocycles. The van der Waals surface area contributed by atoms with Crippen molar-refractivity contribution in [1.29, 1.82) is 5.26 Å². The number of hydrogen-bond donors (Lipinski definition) is 2. The summed E-state index contributed by atoms with van der Waals surface area (Å²) < 4.78 is 0. The van der Waals surface area contributed by atoms with Crippen LogP contribution in [0.25, 0.3) is 0 Å². The van der Waals surface area contributed by atoms with Crippen molar-refractivity contribution in [3.63, 3.8) is 0 Å². The standard InChI is InChI=1S/C12H17N3O/c1-9(2)15(6-7-16)11-5-3-4-10(8-13)12(11)14/h3-5,9,16H,6-7,14H2,1-2H3. The molecule has 0 radical (unpaired) electrons. The van der Waals surface area contributed by atoms with E-state index in [1.165, 1.54) is 0 Å². The van der Waals surface area contributed by atoms with E-state index in [-0.39, 0.29) is 12.6 Å². The largest absolute Gasteiger partial charge is 0.396 e. The molecular formula is C12H17N3O. The first kappa shape index (κ1) is 12.3. The molecule has 0 unspecified atom stereocenters. The minimum absolute atomic E-state index is 0.0639. The number of para-hydroxylation sites is 1. The Morgan fingerprint density at radius 2 is 2.19 bits per heavy atom. The van der Waals surface area contributed by atoms with Crippen LogP contribution in [0.15, 0.2) is 18.2 Å². The number of nitriles is 1. The summed E-state index contributed by atoms with van der Waals surface area (Å²) in [5.74, 6) is 0. The molecule has 0 aliphatic rings. The van der Waals surface area contributed by atoms with Gasteiger partial charge in [0.1, 0.15) is 6.07 Å². The number of hydrogen-bond acceptors (Lipinski definition) is 4. The molecule has 0 bridgehead atoms. The van der Waals surface area contributed by atoms with Crippen LogP contribution in [0.4, 0.5) is 11.4 Å². The minimum Gasteiger partial charge on any atom is -0.396 e. The summed E-state index contributed by atoms with van der Waals surface area (Å²) in [6.45, 7) is 4.62. The van der Waals surface area contributed by atoms with Crippen molar-refractivity contribution < 1.29 is 5.11 Å². The smallest absolute Gasteiger partial charge is 0.101 e. The fourth-order valence-electron chi connectivity index (χ4n) is 1.67. The lowest BCUT2D eigenvalue weighted by molar-refractivity contribution is 0.299. The summed E-state index contributed by atoms with van der Waals surface area (Å²) >= 11 is 0. The number of benzene rings is 1. The van der Waals surface area contributed by atoms with Crippen molar-refractivity contribution in [3.05, 3.63) is 23.8 Å². The second-order valence-corrected chi connectivity index (χ2v) is 3.86. The van der Waals surface area contributed by atoms with Crippen molar-refractivity contribution in [3.8, 4) is 6.07 Å². The van der Waals surface area contributed by atoms with Gasteiger partial charge < -0.3 is 15.7 Å². The molecular weight excluding hydrogens is 202 g/mol. The van der Waals surface area contributed by atoms with Gasteiger partial charge in [0.25, 0.3) is 0 Å². The summed E-state index contributed by atoms with van der Waals surface area (Å²) in [6.07, 6.45) is 0. The highest BCUT2D eigenvalue weighted by atomic mass is 16.3. The van der Waals surface area contributed by atoms with Gasteiger partial charge in [-0.1, -0.05) is 6.07 Å². The van der Waals surface area contributed by atoms with Crippen LogP contribution >= 0.6 is 0 Å². The third-order valence-electron chi connectivity index (χ3n) is 2.48. The lowest BCUT2D eigenvalue weighted by atomic mass is 10.1. The monoisotopic (exact) mass is 219 g/mol. The van der Waals surface area contributed by atoms with Crippen LogP contribution in [0.3, 0.4) is 0 Å². The number of aliphatic hydroxyl groups is 1. The second-order valence-electron chi connectivity index (χ2n) is 3.86. The predicted molar refractivity (Wildman–Crippen MR) is 65.1 cm³/mol. The third-order valence-corrected chi connectivity index (χ3v) is 2.48. The molecule has 0 fully saturated rings. The van der Waals surface area contributed by atoms with Crippen LogP contribution in [-0.4, -0.2) is 24.3 Å². The maximum Gasteiger partial charge on any atom is 0.101 e. The number of rotatable bonds is 4. The Morgan fingerprint density at radius 3 is 2.69 bits per heavy atom. The Kier molecular flexibility index (Phi) is 4.15. The molecule has 0 saturated carbocycles. The van der Waals surface area contributed by atoms with E-state index in [0.29, 0.717) is 17.8 Å². The molecule has 4 nitrogen and oxygen atoms in total. The Morgan fingerprint density at radius 1 is 1.50 bits per heavy atom. The molecule has 0 heterocycles. The first-order chi connectivity index (χ1) is 7.61. The van der Waals surface area contributed by atoms with Gasteiger partial charge in [-0.2, -0.15) is 5.26 Å². The van der Waals surface area contributed by atoms with Crippen LogP contribution < -0.4 is 10.6 Å². The van der Waals surface area contributed by atoms with E-state index < -0.39 is 0 Å². The van der Waals surface area contributed by atoms with Gasteiger partial charge in [0.15, 0.2) is 0 Å². The summed E-state index contributed by atoms with van der Waals surface area (Å²) in [6, 6.07) is 7.64. The summed E-state index contributed by atoms with van der Waals surface area (Å²) in [5, 5.41) is 17.9. The van der Waals surface area contributed by atoms with Gasteiger partial charge in [-0.3, -0.25) is 0 Å². The molecule has 0 aromatic heterocycles. The number of nitrogens with two attached hydrogens (primary N) is 1. The van der Waals surface area contributed by atoms with Gasteiger partial charge >= 0.3 is 0 Å². The third kappa shape index (κ3) is 2.44. The second kappa shape index (κ2) is 5.38. The molecule has 0 saturated heterocycles. The molecule has 0 amide bonds. The van der Waals surface area contributed by atoms with E-state index in [0.717, 1.165) is 5.69 Å². The van der Waals surface area contributed by atoms with Crippen molar-refractivity contribution >= 4 is 11.4 Å². The highest BCUT2D eigenvalue weighted by Gasteiger charge is 2.14. The van der Waals surface area contributed by atoms with E-state index in [1.54, 1.807) is 12.1 Å². The SMILES string of the molecule is CC(C)N(CCO)c1cccc(C#N)c1N. The molecule has 4 heteroatoms. The Bertz CT molecular complexity index is 396. The van der Waals surface area contributed by atoms with Gasteiger partial charge in [-0.05, 0) is 26.0 Å². The van der Waals surface area contributed by atoms with Gasteiger partial charge in [0.2, 0.25) is 0 Å². The van der Waals surface area contributed by atoms with Crippen LogP contribution in [0.1, 0.15) is 19.4 Å². The van der Waals surface area contributed by atoms with Gasteiger partial charge in [0.05, 0.1) is 23.5 Å². The normalized spacial score (nSPS) is 10.2. The molecule has 1 rings (SSSR count). The highest BCUT2D eigenvalue weighted by molar-refractivity contribution is 5.74. The highest BCUT2D eigenvalue weighted by Crippen LogP contribution is 2.27. The van der Waals surface area contributed by atoms with Gasteiger partial charge in [0, 0.05) is 12.6 Å². The predicted octanol–water partition coefficient (Wildman–Crippen LogP) is 1.35. The topological polar surface area (TPSA) is 73.3 Å². The number of anilines is 2. The fraction of sp³-hybridized carbons (Fsp3) is 0.417. The Hall–Kier alpha value is -1.73. The molecule has 0 spiro atoms. The van der Waals surface area contributed by atoms with Crippen molar-refractivity contribution in [2.75, 3.05) is 23.8 Å². The zero-order valence-electron chi connectivity index (χ0n) is 9.64. The molecule has 86 valence electrons. The van der Waals surface area contributed by atoms with Crippen molar-refractivity contribution in [2.24, 2.45) is 0 Å². The number of aliphatic hydroxyl groups excluding tert-OH is 1.